The lowest BCUT2D eigenvalue weighted by molar-refractivity contribution is 0.0635. The smallest absolute Gasteiger partial charge is 0.412 e. The second-order valence-electron chi connectivity index (χ2n) is 6.22. The summed E-state index contributed by atoms with van der Waals surface area (Å²) in [7, 11) is 1.55. The van der Waals surface area contributed by atoms with Crippen LogP contribution in [0.4, 0.5) is 10.5 Å². The molecule has 0 aromatic heterocycles. The van der Waals surface area contributed by atoms with Crippen LogP contribution in [0, 0.1) is 0 Å². The molecule has 1 unspecified atom stereocenters. The average Bonchev–Trinajstić information content (AvgIpc) is 2.91. The van der Waals surface area contributed by atoms with Crippen LogP contribution in [-0.4, -0.2) is 38.0 Å². The average molecular weight is 308 g/mol. The summed E-state index contributed by atoms with van der Waals surface area (Å²) in [4.78, 5) is 11.8. The fourth-order valence-corrected chi connectivity index (χ4v) is 2.18. The normalized spacial score (nSPS) is 17.9. The summed E-state index contributed by atoms with van der Waals surface area (Å²) >= 11 is 0. The second-order valence-corrected chi connectivity index (χ2v) is 6.22. The predicted molar refractivity (Wildman–Crippen MR) is 84.8 cm³/mol. The Morgan fingerprint density at radius 3 is 2.73 bits per heavy atom. The lowest BCUT2D eigenvalue weighted by atomic mass is 10.2. The number of carbonyl (C=O) groups excluding carboxylic acids is 1. The zero-order chi connectivity index (χ0) is 16.2. The molecule has 1 aromatic carbocycles. The van der Waals surface area contributed by atoms with Crippen molar-refractivity contribution in [3.63, 3.8) is 0 Å². The molecular weight excluding hydrogens is 284 g/mol. The standard InChI is InChI=1S/C16H24N2O4/c1-16(2,3)22-15(19)18-13-6-5-11(9-14(13)20-4)21-12-7-8-17-10-12/h5-6,9,12,17H,7-8,10H2,1-4H3,(H,18,19). The van der Waals surface area contributed by atoms with Crippen molar-refractivity contribution in [3.05, 3.63) is 18.2 Å². The van der Waals surface area contributed by atoms with E-state index in [4.69, 9.17) is 14.2 Å². The van der Waals surface area contributed by atoms with Gasteiger partial charge in [0.05, 0.1) is 12.8 Å². The predicted octanol–water partition coefficient (Wildman–Crippen LogP) is 2.78. The Balaban J connectivity index is 2.03. The maximum atomic E-state index is 11.8. The fraction of sp³-hybridized carbons (Fsp3) is 0.562. The minimum absolute atomic E-state index is 0.175. The molecule has 0 aliphatic carbocycles. The number of amides is 1. The van der Waals surface area contributed by atoms with Gasteiger partial charge in [0, 0.05) is 12.6 Å². The fourth-order valence-electron chi connectivity index (χ4n) is 2.18. The molecule has 0 radical (unpaired) electrons. The van der Waals surface area contributed by atoms with Crippen LogP contribution in [0.1, 0.15) is 27.2 Å². The van der Waals surface area contributed by atoms with Gasteiger partial charge in [-0.25, -0.2) is 4.79 Å². The first-order valence-corrected chi connectivity index (χ1v) is 7.43. The van der Waals surface area contributed by atoms with Crippen molar-refractivity contribution in [2.45, 2.75) is 38.9 Å². The van der Waals surface area contributed by atoms with E-state index < -0.39 is 11.7 Å². The summed E-state index contributed by atoms with van der Waals surface area (Å²) in [5, 5.41) is 5.94. The third-order valence-electron chi connectivity index (χ3n) is 3.13. The molecule has 0 bridgehead atoms. The summed E-state index contributed by atoms with van der Waals surface area (Å²) in [6, 6.07) is 5.33. The van der Waals surface area contributed by atoms with Crippen LogP contribution in [-0.2, 0) is 4.74 Å². The number of rotatable bonds is 4. The number of ether oxygens (including phenoxy) is 3. The van der Waals surface area contributed by atoms with Crippen LogP contribution in [0.15, 0.2) is 18.2 Å². The van der Waals surface area contributed by atoms with E-state index in [1.807, 2.05) is 26.8 Å². The topological polar surface area (TPSA) is 68.8 Å². The molecule has 2 N–H and O–H groups in total. The van der Waals surface area contributed by atoms with Crippen molar-refractivity contribution in [1.82, 2.24) is 5.32 Å². The van der Waals surface area contributed by atoms with Gasteiger partial charge in [-0.05, 0) is 45.9 Å². The van der Waals surface area contributed by atoms with Gasteiger partial charge >= 0.3 is 6.09 Å². The molecule has 6 nitrogen and oxygen atoms in total. The first-order valence-electron chi connectivity index (χ1n) is 7.43. The number of nitrogens with one attached hydrogen (secondary N) is 2. The van der Waals surface area contributed by atoms with Crippen molar-refractivity contribution in [2.24, 2.45) is 0 Å². The van der Waals surface area contributed by atoms with Crippen molar-refractivity contribution in [2.75, 3.05) is 25.5 Å². The van der Waals surface area contributed by atoms with Crippen LogP contribution in [0.5, 0.6) is 11.5 Å². The molecule has 122 valence electrons. The van der Waals surface area contributed by atoms with Gasteiger partial charge in [-0.15, -0.1) is 0 Å². The van der Waals surface area contributed by atoms with E-state index in [1.54, 1.807) is 19.2 Å². The molecule has 1 heterocycles. The van der Waals surface area contributed by atoms with Gasteiger partial charge in [0.2, 0.25) is 0 Å². The van der Waals surface area contributed by atoms with Crippen molar-refractivity contribution in [1.29, 1.82) is 0 Å². The Hall–Kier alpha value is -1.95. The Kier molecular flexibility index (Phi) is 5.13. The third kappa shape index (κ3) is 4.80. The molecule has 1 aliphatic rings. The van der Waals surface area contributed by atoms with E-state index in [0.29, 0.717) is 11.4 Å². The highest BCUT2D eigenvalue weighted by Crippen LogP contribution is 2.30. The first kappa shape index (κ1) is 16.4. The minimum atomic E-state index is -0.546. The quantitative estimate of drug-likeness (QED) is 0.895. The van der Waals surface area contributed by atoms with E-state index >= 15 is 0 Å². The summed E-state index contributed by atoms with van der Waals surface area (Å²) in [6.07, 6.45) is 0.647. The monoisotopic (exact) mass is 308 g/mol. The van der Waals surface area contributed by atoms with Gasteiger partial charge in [-0.1, -0.05) is 0 Å². The maximum Gasteiger partial charge on any atom is 0.412 e. The maximum absolute atomic E-state index is 11.8. The number of anilines is 1. The number of benzene rings is 1. The van der Waals surface area contributed by atoms with Gasteiger partial charge in [0.15, 0.2) is 0 Å². The van der Waals surface area contributed by atoms with Gasteiger partial charge < -0.3 is 19.5 Å². The molecule has 2 rings (SSSR count). The van der Waals surface area contributed by atoms with Crippen LogP contribution < -0.4 is 20.1 Å². The molecule has 1 amide bonds. The molecule has 1 fully saturated rings. The largest absolute Gasteiger partial charge is 0.494 e. The number of carbonyl (C=O) groups is 1. The van der Waals surface area contributed by atoms with Gasteiger partial charge in [-0.3, -0.25) is 5.32 Å². The molecule has 1 aliphatic heterocycles. The first-order chi connectivity index (χ1) is 10.4. The van der Waals surface area contributed by atoms with E-state index in [9.17, 15) is 4.79 Å². The molecule has 6 heteroatoms. The number of hydrogen-bond donors (Lipinski definition) is 2. The summed E-state index contributed by atoms with van der Waals surface area (Å²) in [5.74, 6) is 1.26. The molecule has 1 saturated heterocycles. The van der Waals surface area contributed by atoms with Crippen molar-refractivity contribution in [3.8, 4) is 11.5 Å². The highest BCUT2D eigenvalue weighted by Gasteiger charge is 2.19. The third-order valence-corrected chi connectivity index (χ3v) is 3.13. The summed E-state index contributed by atoms with van der Waals surface area (Å²) < 4.78 is 16.4. The zero-order valence-electron chi connectivity index (χ0n) is 13.6. The van der Waals surface area contributed by atoms with E-state index in [2.05, 4.69) is 10.6 Å². The van der Waals surface area contributed by atoms with E-state index in [0.717, 1.165) is 25.3 Å². The Bertz CT molecular complexity index is 519. The highest BCUT2D eigenvalue weighted by molar-refractivity contribution is 5.87. The Morgan fingerprint density at radius 2 is 2.14 bits per heavy atom. The molecule has 1 atom stereocenters. The SMILES string of the molecule is COc1cc(OC2CCNC2)ccc1NC(=O)OC(C)(C)C. The highest BCUT2D eigenvalue weighted by atomic mass is 16.6. The van der Waals surface area contributed by atoms with Gasteiger partial charge in [0.25, 0.3) is 0 Å². The van der Waals surface area contributed by atoms with Crippen molar-refractivity contribution >= 4 is 11.8 Å². The summed E-state index contributed by atoms with van der Waals surface area (Å²) in [5.41, 5.74) is 0.00388. The Labute approximate surface area is 131 Å². The molecule has 0 spiro atoms. The van der Waals surface area contributed by atoms with Gasteiger partial charge in [0.1, 0.15) is 23.2 Å². The van der Waals surface area contributed by atoms with E-state index in [1.165, 1.54) is 0 Å². The lowest BCUT2D eigenvalue weighted by Gasteiger charge is -2.20. The molecular formula is C16H24N2O4. The van der Waals surface area contributed by atoms with E-state index in [-0.39, 0.29) is 6.10 Å². The van der Waals surface area contributed by atoms with Crippen LogP contribution in [0.3, 0.4) is 0 Å². The zero-order valence-corrected chi connectivity index (χ0v) is 13.6. The van der Waals surface area contributed by atoms with Crippen LogP contribution >= 0.6 is 0 Å². The molecule has 0 saturated carbocycles. The summed E-state index contributed by atoms with van der Waals surface area (Å²) in [6.45, 7) is 7.27. The van der Waals surface area contributed by atoms with Crippen LogP contribution in [0.2, 0.25) is 0 Å². The van der Waals surface area contributed by atoms with Gasteiger partial charge in [-0.2, -0.15) is 0 Å². The van der Waals surface area contributed by atoms with Crippen molar-refractivity contribution < 1.29 is 19.0 Å². The molecule has 1 aromatic rings. The number of methoxy groups -OCH3 is 1. The minimum Gasteiger partial charge on any atom is -0.494 e. The van der Waals surface area contributed by atoms with Crippen LogP contribution in [0.25, 0.3) is 0 Å². The molecule has 22 heavy (non-hydrogen) atoms. The second kappa shape index (κ2) is 6.87. The number of hydrogen-bond acceptors (Lipinski definition) is 5. The lowest BCUT2D eigenvalue weighted by Crippen LogP contribution is -2.27. The Morgan fingerprint density at radius 1 is 1.36 bits per heavy atom.